The molecule has 0 radical (unpaired) electrons. The Hall–Kier alpha value is -0.880. The Kier molecular flexibility index (Phi) is 3.06. The van der Waals surface area contributed by atoms with Crippen molar-refractivity contribution in [3.8, 4) is 5.75 Å². The van der Waals surface area contributed by atoms with Crippen LogP contribution in [0.3, 0.4) is 0 Å². The standard InChI is InChI=1S/C12H15O2P/c1-8-4-2-3-5-11(8)14-10-6-9(7-10)12(13)15/h2-5,9-10H,6-7,15H2,1H3. The summed E-state index contributed by atoms with van der Waals surface area (Å²) in [5.41, 5.74) is 1.36. The molecule has 0 bridgehead atoms. The fourth-order valence-electron chi connectivity index (χ4n) is 1.76. The summed E-state index contributed by atoms with van der Waals surface area (Å²) < 4.78 is 5.80. The summed E-state index contributed by atoms with van der Waals surface area (Å²) in [6.07, 6.45) is 1.94. The maximum absolute atomic E-state index is 11.0. The molecule has 15 heavy (non-hydrogen) atoms. The van der Waals surface area contributed by atoms with Gasteiger partial charge in [0, 0.05) is 5.92 Å². The Morgan fingerprint density at radius 2 is 2.07 bits per heavy atom. The minimum Gasteiger partial charge on any atom is -0.490 e. The highest BCUT2D eigenvalue weighted by Crippen LogP contribution is 2.34. The van der Waals surface area contributed by atoms with Crippen LogP contribution in [0.25, 0.3) is 0 Å². The number of hydrogen-bond acceptors (Lipinski definition) is 2. The van der Waals surface area contributed by atoms with Crippen LogP contribution in [-0.2, 0) is 4.79 Å². The molecule has 1 aliphatic rings. The van der Waals surface area contributed by atoms with E-state index in [1.165, 1.54) is 0 Å². The van der Waals surface area contributed by atoms with Crippen molar-refractivity contribution in [3.63, 3.8) is 0 Å². The van der Waals surface area contributed by atoms with Gasteiger partial charge in [0.15, 0.2) is 5.52 Å². The minimum absolute atomic E-state index is 0.198. The smallest absolute Gasteiger partial charge is 0.151 e. The molecule has 0 heterocycles. The van der Waals surface area contributed by atoms with E-state index in [0.717, 1.165) is 24.2 Å². The summed E-state index contributed by atoms with van der Waals surface area (Å²) in [7, 11) is 2.25. The van der Waals surface area contributed by atoms with Gasteiger partial charge in [0.2, 0.25) is 0 Å². The number of benzene rings is 1. The monoisotopic (exact) mass is 222 g/mol. The van der Waals surface area contributed by atoms with Gasteiger partial charge in [-0.2, -0.15) is 0 Å². The van der Waals surface area contributed by atoms with Crippen LogP contribution in [0.2, 0.25) is 0 Å². The highest BCUT2D eigenvalue weighted by atomic mass is 31.0. The van der Waals surface area contributed by atoms with Crippen molar-refractivity contribution in [1.82, 2.24) is 0 Å². The van der Waals surface area contributed by atoms with Crippen LogP contribution in [0.4, 0.5) is 0 Å². The van der Waals surface area contributed by atoms with Gasteiger partial charge in [0.25, 0.3) is 0 Å². The van der Waals surface area contributed by atoms with E-state index in [9.17, 15) is 4.79 Å². The maximum Gasteiger partial charge on any atom is 0.151 e. The second-order valence-corrected chi connectivity index (χ2v) is 4.65. The van der Waals surface area contributed by atoms with Gasteiger partial charge in [-0.15, -0.1) is 0 Å². The molecule has 1 saturated carbocycles. The highest BCUT2D eigenvalue weighted by molar-refractivity contribution is 7.40. The normalized spacial score (nSPS) is 24.4. The molecular weight excluding hydrogens is 207 g/mol. The molecule has 1 aromatic carbocycles. The van der Waals surface area contributed by atoms with Crippen LogP contribution in [0.15, 0.2) is 24.3 Å². The largest absolute Gasteiger partial charge is 0.490 e. The van der Waals surface area contributed by atoms with Crippen molar-refractivity contribution in [2.75, 3.05) is 0 Å². The average Bonchev–Trinajstić information content (AvgIpc) is 2.12. The van der Waals surface area contributed by atoms with Crippen molar-refractivity contribution >= 4 is 14.8 Å². The molecule has 0 saturated heterocycles. The lowest BCUT2D eigenvalue weighted by Gasteiger charge is -2.33. The number of para-hydroxylation sites is 1. The van der Waals surface area contributed by atoms with Gasteiger partial charge in [-0.05, 0) is 31.4 Å². The number of aryl methyl sites for hydroxylation is 1. The van der Waals surface area contributed by atoms with E-state index < -0.39 is 0 Å². The molecule has 1 aliphatic carbocycles. The Morgan fingerprint density at radius 3 is 2.67 bits per heavy atom. The van der Waals surface area contributed by atoms with Gasteiger partial charge in [-0.1, -0.05) is 27.4 Å². The molecule has 1 fully saturated rings. The zero-order valence-corrected chi connectivity index (χ0v) is 9.93. The highest BCUT2D eigenvalue weighted by Gasteiger charge is 2.34. The molecule has 1 unspecified atom stereocenters. The molecule has 1 aromatic rings. The summed E-state index contributed by atoms with van der Waals surface area (Å²) >= 11 is 0. The van der Waals surface area contributed by atoms with Gasteiger partial charge >= 0.3 is 0 Å². The molecule has 1 atom stereocenters. The molecule has 0 aliphatic heterocycles. The van der Waals surface area contributed by atoms with Gasteiger partial charge in [0.05, 0.1) is 0 Å². The van der Waals surface area contributed by atoms with E-state index in [0.29, 0.717) is 0 Å². The van der Waals surface area contributed by atoms with Crippen LogP contribution in [-0.4, -0.2) is 11.6 Å². The first-order chi connectivity index (χ1) is 7.16. The first kappa shape index (κ1) is 10.6. The molecular formula is C12H15O2P. The molecule has 0 amide bonds. The first-order valence-electron chi connectivity index (χ1n) is 5.18. The summed E-state index contributed by atoms with van der Waals surface area (Å²) in [6, 6.07) is 7.98. The average molecular weight is 222 g/mol. The van der Waals surface area contributed by atoms with Crippen molar-refractivity contribution in [3.05, 3.63) is 29.8 Å². The first-order valence-corrected chi connectivity index (χ1v) is 5.76. The lowest BCUT2D eigenvalue weighted by molar-refractivity contribution is -0.119. The number of carbonyl (C=O) groups excluding carboxylic acids is 1. The fraction of sp³-hybridized carbons (Fsp3) is 0.417. The number of ether oxygens (including phenoxy) is 1. The number of rotatable bonds is 3. The van der Waals surface area contributed by atoms with Crippen LogP contribution in [0.1, 0.15) is 18.4 Å². The predicted molar refractivity (Wildman–Crippen MR) is 63.0 cm³/mol. The Balaban J connectivity index is 1.90. The minimum atomic E-state index is 0.198. The van der Waals surface area contributed by atoms with E-state index in [1.807, 2.05) is 31.2 Å². The van der Waals surface area contributed by atoms with Crippen molar-refractivity contribution in [2.45, 2.75) is 25.9 Å². The third kappa shape index (κ3) is 2.38. The molecule has 80 valence electrons. The van der Waals surface area contributed by atoms with E-state index in [-0.39, 0.29) is 17.5 Å². The van der Waals surface area contributed by atoms with Gasteiger partial charge in [-0.3, -0.25) is 4.79 Å². The molecule has 0 aromatic heterocycles. The van der Waals surface area contributed by atoms with E-state index in [4.69, 9.17) is 4.74 Å². The van der Waals surface area contributed by atoms with E-state index in [1.54, 1.807) is 0 Å². The number of hydrogen-bond donors (Lipinski definition) is 0. The quantitative estimate of drug-likeness (QED) is 0.735. The maximum atomic E-state index is 11.0. The molecule has 0 N–H and O–H groups in total. The summed E-state index contributed by atoms with van der Waals surface area (Å²) in [4.78, 5) is 11.0. The van der Waals surface area contributed by atoms with Crippen LogP contribution in [0.5, 0.6) is 5.75 Å². The fourth-order valence-corrected chi connectivity index (χ4v) is 2.03. The predicted octanol–water partition coefficient (Wildman–Crippen LogP) is 2.55. The Labute approximate surface area is 92.2 Å². The van der Waals surface area contributed by atoms with Crippen molar-refractivity contribution in [2.24, 2.45) is 5.92 Å². The zero-order chi connectivity index (χ0) is 10.8. The van der Waals surface area contributed by atoms with Crippen LogP contribution < -0.4 is 4.74 Å². The van der Waals surface area contributed by atoms with Gasteiger partial charge < -0.3 is 4.74 Å². The summed E-state index contributed by atoms with van der Waals surface area (Å²) in [6.45, 7) is 2.03. The number of carbonyl (C=O) groups is 1. The molecule has 2 rings (SSSR count). The summed E-state index contributed by atoms with van der Waals surface area (Å²) in [5, 5.41) is 0. The van der Waals surface area contributed by atoms with Crippen molar-refractivity contribution in [1.29, 1.82) is 0 Å². The lowest BCUT2D eigenvalue weighted by Crippen LogP contribution is -2.36. The van der Waals surface area contributed by atoms with Gasteiger partial charge in [0.1, 0.15) is 11.9 Å². The second-order valence-electron chi connectivity index (χ2n) is 4.08. The second kappa shape index (κ2) is 4.32. The third-order valence-corrected chi connectivity index (χ3v) is 3.36. The molecule has 3 heteroatoms. The molecule has 2 nitrogen and oxygen atoms in total. The van der Waals surface area contributed by atoms with Crippen LogP contribution in [0, 0.1) is 12.8 Å². The Bertz CT molecular complexity index is 370. The topological polar surface area (TPSA) is 26.3 Å². The SMILES string of the molecule is Cc1ccccc1OC1CC(C(=O)P)C1. The van der Waals surface area contributed by atoms with E-state index >= 15 is 0 Å². The molecule has 0 spiro atoms. The van der Waals surface area contributed by atoms with Gasteiger partial charge in [-0.25, -0.2) is 0 Å². The van der Waals surface area contributed by atoms with Crippen molar-refractivity contribution < 1.29 is 9.53 Å². The third-order valence-electron chi connectivity index (χ3n) is 2.88. The Morgan fingerprint density at radius 1 is 1.40 bits per heavy atom. The van der Waals surface area contributed by atoms with E-state index in [2.05, 4.69) is 9.24 Å². The van der Waals surface area contributed by atoms with Crippen LogP contribution >= 0.6 is 9.24 Å². The summed E-state index contributed by atoms with van der Waals surface area (Å²) in [5.74, 6) is 1.14. The zero-order valence-electron chi connectivity index (χ0n) is 8.77. The lowest BCUT2D eigenvalue weighted by atomic mass is 9.83.